The van der Waals surface area contributed by atoms with Crippen molar-refractivity contribution < 1.29 is 28.0 Å². The lowest BCUT2D eigenvalue weighted by Gasteiger charge is -2.33. The van der Waals surface area contributed by atoms with E-state index in [0.717, 1.165) is 66.8 Å². The number of thioether (sulfide) groups is 1. The summed E-state index contributed by atoms with van der Waals surface area (Å²) in [5.41, 5.74) is 2.47. The smallest absolute Gasteiger partial charge is 0.293 e. The van der Waals surface area contributed by atoms with Gasteiger partial charge >= 0.3 is 0 Å². The van der Waals surface area contributed by atoms with Crippen molar-refractivity contribution in [2.75, 3.05) is 64.6 Å². The molecular formula is C38H45N5O7S2. The van der Waals surface area contributed by atoms with Crippen LogP contribution in [-0.2, 0) is 16.4 Å². The highest BCUT2D eigenvalue weighted by molar-refractivity contribution is 7.99. The van der Waals surface area contributed by atoms with Gasteiger partial charge in [0.15, 0.2) is 0 Å². The standard InChI is InChI=1S/C38H45N5O7S2/c1-41-20-22-42(23-21-41)19-18-31(27-51-32-8-4-3-5-9-32)39-35-17-15-33(26-36(35)43(46)47)52(48,49)40-38(45)30-13-11-29(12-14-30)34-16-10-28(7-6-24-44)25-37(34)50-2/h3-5,8-17,25-26,31,39,44H,6-7,18-24,27H2,1-2H3,(H,40,45)/t31-/m1/s1. The van der Waals surface area contributed by atoms with E-state index in [4.69, 9.17) is 9.84 Å². The number of likely N-dealkylation sites (N-methyl/N-ethyl adjacent to an activating group) is 1. The number of hydrogen-bond acceptors (Lipinski definition) is 11. The molecule has 52 heavy (non-hydrogen) atoms. The molecule has 0 spiro atoms. The first-order chi connectivity index (χ1) is 25.1. The van der Waals surface area contributed by atoms with Crippen LogP contribution >= 0.6 is 11.8 Å². The Morgan fingerprint density at radius 2 is 1.73 bits per heavy atom. The van der Waals surface area contributed by atoms with Gasteiger partial charge in [-0.25, -0.2) is 13.1 Å². The van der Waals surface area contributed by atoms with E-state index in [1.165, 1.54) is 24.3 Å². The third kappa shape index (κ3) is 10.5. The molecule has 1 heterocycles. The molecule has 1 atom stereocenters. The molecule has 0 saturated carbocycles. The molecule has 14 heteroatoms. The highest BCUT2D eigenvalue weighted by Gasteiger charge is 2.26. The number of aliphatic hydroxyl groups excluding tert-OH is 1. The van der Waals surface area contributed by atoms with Gasteiger partial charge in [0.25, 0.3) is 21.6 Å². The predicted molar refractivity (Wildman–Crippen MR) is 205 cm³/mol. The molecule has 276 valence electrons. The monoisotopic (exact) mass is 747 g/mol. The van der Waals surface area contributed by atoms with Crippen LogP contribution in [0.15, 0.2) is 101 Å². The van der Waals surface area contributed by atoms with Gasteiger partial charge in [-0.1, -0.05) is 42.5 Å². The third-order valence-electron chi connectivity index (χ3n) is 8.99. The number of amides is 1. The van der Waals surface area contributed by atoms with E-state index in [1.54, 1.807) is 31.0 Å². The molecule has 0 radical (unpaired) electrons. The first-order valence-electron chi connectivity index (χ1n) is 17.2. The SMILES string of the molecule is COc1cc(CCCO)ccc1-c1ccc(C(=O)NS(=O)(=O)c2ccc(N[C@H](CCN3CCN(C)CC3)CSc3ccccc3)c([N+](=O)[O-])c2)cc1. The Morgan fingerprint density at radius 3 is 2.40 bits per heavy atom. The summed E-state index contributed by atoms with van der Waals surface area (Å²) in [6.45, 7) is 4.78. The van der Waals surface area contributed by atoms with Crippen molar-refractivity contribution in [2.45, 2.75) is 35.1 Å². The molecule has 4 aromatic carbocycles. The predicted octanol–water partition coefficient (Wildman–Crippen LogP) is 5.52. The van der Waals surface area contributed by atoms with Crippen molar-refractivity contribution in [3.63, 3.8) is 0 Å². The molecule has 1 aliphatic rings. The lowest BCUT2D eigenvalue weighted by Crippen LogP contribution is -2.45. The summed E-state index contributed by atoms with van der Waals surface area (Å²) < 4.78 is 34.3. The number of nitro groups is 1. The largest absolute Gasteiger partial charge is 0.496 e. The number of hydrogen-bond donors (Lipinski definition) is 3. The number of methoxy groups -OCH3 is 1. The van der Waals surface area contributed by atoms with E-state index in [0.29, 0.717) is 24.3 Å². The molecule has 1 fully saturated rings. The Labute approximate surface area is 309 Å². The first-order valence-corrected chi connectivity index (χ1v) is 19.6. The summed E-state index contributed by atoms with van der Waals surface area (Å²) in [4.78, 5) is 30.1. The molecule has 0 bridgehead atoms. The number of nitrogens with zero attached hydrogens (tertiary/aromatic N) is 3. The fraction of sp³-hybridized carbons (Fsp3) is 0.342. The fourth-order valence-electron chi connectivity index (χ4n) is 5.95. The fourth-order valence-corrected chi connectivity index (χ4v) is 7.93. The molecular weight excluding hydrogens is 703 g/mol. The van der Waals surface area contributed by atoms with E-state index in [9.17, 15) is 23.3 Å². The van der Waals surface area contributed by atoms with Crippen molar-refractivity contribution in [2.24, 2.45) is 0 Å². The van der Waals surface area contributed by atoms with Crippen molar-refractivity contribution in [3.8, 4) is 16.9 Å². The summed E-state index contributed by atoms with van der Waals surface area (Å²) in [5, 5.41) is 24.7. The number of carbonyl (C=O) groups is 1. The minimum atomic E-state index is -4.45. The Bertz CT molecular complexity index is 1920. The van der Waals surface area contributed by atoms with Gasteiger partial charge in [-0.2, -0.15) is 0 Å². The molecule has 1 aliphatic heterocycles. The Hall–Kier alpha value is -4.47. The molecule has 1 saturated heterocycles. The summed E-state index contributed by atoms with van der Waals surface area (Å²) in [6.07, 6.45) is 2.07. The number of rotatable bonds is 17. The summed E-state index contributed by atoms with van der Waals surface area (Å²) >= 11 is 1.65. The van der Waals surface area contributed by atoms with Crippen molar-refractivity contribution in [1.82, 2.24) is 14.5 Å². The maximum atomic E-state index is 13.3. The normalized spacial score (nSPS) is 14.4. The topological polar surface area (TPSA) is 154 Å². The lowest BCUT2D eigenvalue weighted by atomic mass is 9.99. The Morgan fingerprint density at radius 1 is 1.00 bits per heavy atom. The van der Waals surface area contributed by atoms with Crippen LogP contribution in [0.5, 0.6) is 5.75 Å². The van der Waals surface area contributed by atoms with Gasteiger partial charge in [0.2, 0.25) is 0 Å². The minimum absolute atomic E-state index is 0.0929. The first kappa shape index (κ1) is 38.8. The second-order valence-corrected chi connectivity index (χ2v) is 15.5. The third-order valence-corrected chi connectivity index (χ3v) is 11.5. The number of anilines is 1. The molecule has 3 N–H and O–H groups in total. The highest BCUT2D eigenvalue weighted by atomic mass is 32.2. The Balaban J connectivity index is 1.29. The molecule has 0 unspecified atom stereocenters. The van der Waals surface area contributed by atoms with Gasteiger partial charge in [-0.3, -0.25) is 14.9 Å². The molecule has 5 rings (SSSR count). The van der Waals surface area contributed by atoms with E-state index in [1.807, 2.05) is 48.5 Å². The van der Waals surface area contributed by atoms with Gasteiger partial charge in [0.05, 0.1) is 16.9 Å². The number of aliphatic hydroxyl groups is 1. The summed E-state index contributed by atoms with van der Waals surface area (Å²) in [7, 11) is -0.789. The van der Waals surface area contributed by atoms with Crippen molar-refractivity contribution in [1.29, 1.82) is 0 Å². The zero-order valence-corrected chi connectivity index (χ0v) is 31.0. The van der Waals surface area contributed by atoms with Crippen LogP contribution in [0.3, 0.4) is 0 Å². The number of carbonyl (C=O) groups excluding carboxylic acids is 1. The number of nitrogens with one attached hydrogen (secondary N) is 2. The van der Waals surface area contributed by atoms with Crippen LogP contribution in [0.25, 0.3) is 11.1 Å². The van der Waals surface area contributed by atoms with E-state index in [2.05, 4.69) is 26.9 Å². The number of nitro benzene ring substituents is 1. The van der Waals surface area contributed by atoms with Crippen molar-refractivity contribution in [3.05, 3.63) is 112 Å². The van der Waals surface area contributed by atoms with E-state index in [-0.39, 0.29) is 23.9 Å². The van der Waals surface area contributed by atoms with Crippen LogP contribution in [-0.4, -0.2) is 99.4 Å². The number of ether oxygens (including phenoxy) is 1. The average molecular weight is 748 g/mol. The molecule has 12 nitrogen and oxygen atoms in total. The quantitative estimate of drug-likeness (QED) is 0.0711. The van der Waals surface area contributed by atoms with E-state index >= 15 is 0 Å². The van der Waals surface area contributed by atoms with Gasteiger partial charge in [0, 0.05) is 73.2 Å². The van der Waals surface area contributed by atoms with Gasteiger partial charge in [-0.15, -0.1) is 11.8 Å². The zero-order valence-electron chi connectivity index (χ0n) is 29.4. The molecule has 4 aromatic rings. The lowest BCUT2D eigenvalue weighted by molar-refractivity contribution is -0.384. The molecule has 0 aromatic heterocycles. The van der Waals surface area contributed by atoms with Crippen LogP contribution < -0.4 is 14.8 Å². The minimum Gasteiger partial charge on any atom is -0.496 e. The summed E-state index contributed by atoms with van der Waals surface area (Å²) in [5.74, 6) is 0.405. The van der Waals surface area contributed by atoms with E-state index < -0.39 is 31.4 Å². The second kappa shape index (κ2) is 18.3. The zero-order chi connectivity index (χ0) is 37.1. The molecule has 1 amide bonds. The van der Waals surface area contributed by atoms with Crippen LogP contribution in [0, 0.1) is 10.1 Å². The average Bonchev–Trinajstić information content (AvgIpc) is 3.15. The Kier molecular flexibility index (Phi) is 13.7. The van der Waals surface area contributed by atoms with Crippen LogP contribution in [0.4, 0.5) is 11.4 Å². The van der Waals surface area contributed by atoms with Gasteiger partial charge < -0.3 is 25.0 Å². The molecule has 0 aliphatic carbocycles. The van der Waals surface area contributed by atoms with Crippen LogP contribution in [0.2, 0.25) is 0 Å². The van der Waals surface area contributed by atoms with Gasteiger partial charge in [0.1, 0.15) is 11.4 Å². The van der Waals surface area contributed by atoms with Gasteiger partial charge in [-0.05, 0) is 79.9 Å². The maximum Gasteiger partial charge on any atom is 0.293 e. The number of aryl methyl sites for hydroxylation is 1. The highest BCUT2D eigenvalue weighted by Crippen LogP contribution is 2.32. The van der Waals surface area contributed by atoms with Crippen molar-refractivity contribution >= 4 is 39.1 Å². The van der Waals surface area contributed by atoms with Crippen LogP contribution in [0.1, 0.15) is 28.8 Å². The number of piperazine rings is 1. The summed E-state index contributed by atoms with van der Waals surface area (Å²) in [6, 6.07) is 25.6. The number of benzene rings is 4. The second-order valence-electron chi connectivity index (χ2n) is 12.7. The maximum absolute atomic E-state index is 13.3. The number of sulfonamides is 1.